The Labute approximate surface area is 97.4 Å². The quantitative estimate of drug-likeness (QED) is 0.880. The molecule has 0 bridgehead atoms. The molecule has 0 saturated carbocycles. The van der Waals surface area contributed by atoms with E-state index in [2.05, 4.69) is 20.9 Å². The van der Waals surface area contributed by atoms with Crippen LogP contribution in [0.4, 0.5) is 0 Å². The first-order valence-electron chi connectivity index (χ1n) is 4.61. The van der Waals surface area contributed by atoms with Gasteiger partial charge < -0.3 is 15.0 Å². The van der Waals surface area contributed by atoms with Crippen LogP contribution in [0.5, 0.6) is 0 Å². The largest absolute Gasteiger partial charge is 0.389 e. The molecule has 0 aliphatic heterocycles. The summed E-state index contributed by atoms with van der Waals surface area (Å²) >= 11 is 3.26. The van der Waals surface area contributed by atoms with Gasteiger partial charge in [0, 0.05) is 24.3 Å². The average Bonchev–Trinajstić information content (AvgIpc) is 2.47. The summed E-state index contributed by atoms with van der Waals surface area (Å²) in [6, 6.07) is 1.71. The van der Waals surface area contributed by atoms with Crippen molar-refractivity contribution in [3.8, 4) is 0 Å². The van der Waals surface area contributed by atoms with Crippen LogP contribution < -0.4 is 0 Å². The summed E-state index contributed by atoms with van der Waals surface area (Å²) in [4.78, 5) is 16.1. The molecule has 1 rings (SSSR count). The van der Waals surface area contributed by atoms with Crippen LogP contribution >= 0.6 is 15.9 Å². The van der Waals surface area contributed by atoms with Gasteiger partial charge in [0.05, 0.1) is 5.60 Å². The number of nitrogens with zero attached hydrogens (tertiary/aromatic N) is 1. The summed E-state index contributed by atoms with van der Waals surface area (Å²) in [6.07, 6.45) is 1.70. The van der Waals surface area contributed by atoms with Crippen LogP contribution in [-0.2, 0) is 0 Å². The van der Waals surface area contributed by atoms with Crippen LogP contribution in [-0.4, -0.2) is 40.1 Å². The smallest absolute Gasteiger partial charge is 0.270 e. The Balaban J connectivity index is 2.69. The SMILES string of the molecule is CN(CC(C)(C)O)C(=O)c1cc(Br)c[nH]1. The van der Waals surface area contributed by atoms with Crippen LogP contribution in [0.15, 0.2) is 16.7 Å². The zero-order valence-corrected chi connectivity index (χ0v) is 10.6. The molecule has 0 aliphatic rings. The third kappa shape index (κ3) is 3.68. The molecule has 84 valence electrons. The zero-order chi connectivity index (χ0) is 11.6. The van der Waals surface area contributed by atoms with Gasteiger partial charge in [0.1, 0.15) is 5.69 Å². The molecule has 4 nitrogen and oxygen atoms in total. The van der Waals surface area contributed by atoms with Crippen molar-refractivity contribution in [1.82, 2.24) is 9.88 Å². The van der Waals surface area contributed by atoms with E-state index in [1.54, 1.807) is 33.2 Å². The molecule has 0 spiro atoms. The molecule has 1 heterocycles. The summed E-state index contributed by atoms with van der Waals surface area (Å²) in [5.41, 5.74) is -0.373. The molecule has 0 aliphatic carbocycles. The van der Waals surface area contributed by atoms with Crippen LogP contribution in [0.3, 0.4) is 0 Å². The van der Waals surface area contributed by atoms with Crippen molar-refractivity contribution in [2.75, 3.05) is 13.6 Å². The number of hydrogen-bond acceptors (Lipinski definition) is 2. The lowest BCUT2D eigenvalue weighted by Crippen LogP contribution is -2.39. The van der Waals surface area contributed by atoms with Crippen molar-refractivity contribution >= 4 is 21.8 Å². The second kappa shape index (κ2) is 4.37. The maximum atomic E-state index is 11.8. The molecule has 0 atom stereocenters. The van der Waals surface area contributed by atoms with E-state index >= 15 is 0 Å². The Hall–Kier alpha value is -0.810. The van der Waals surface area contributed by atoms with Gasteiger partial charge in [-0.2, -0.15) is 0 Å². The molecular weight excluding hydrogens is 260 g/mol. The third-order valence-corrected chi connectivity index (χ3v) is 2.31. The van der Waals surface area contributed by atoms with Crippen LogP contribution in [0.1, 0.15) is 24.3 Å². The number of nitrogens with one attached hydrogen (secondary N) is 1. The summed E-state index contributed by atoms with van der Waals surface area (Å²) in [6.45, 7) is 3.63. The van der Waals surface area contributed by atoms with Gasteiger partial charge >= 0.3 is 0 Å². The molecular formula is C10H15BrN2O2. The standard InChI is InChI=1S/C10H15BrN2O2/c1-10(2,15)6-13(3)9(14)8-4-7(11)5-12-8/h4-5,12,15H,6H2,1-3H3. The lowest BCUT2D eigenvalue weighted by Gasteiger charge is -2.25. The number of aromatic nitrogens is 1. The fourth-order valence-corrected chi connectivity index (χ4v) is 1.69. The Morgan fingerprint density at radius 2 is 2.27 bits per heavy atom. The van der Waals surface area contributed by atoms with E-state index < -0.39 is 5.60 Å². The van der Waals surface area contributed by atoms with E-state index in [4.69, 9.17) is 0 Å². The Kier molecular flexibility index (Phi) is 3.57. The monoisotopic (exact) mass is 274 g/mol. The number of carbonyl (C=O) groups is 1. The van der Waals surface area contributed by atoms with Crippen molar-refractivity contribution in [3.63, 3.8) is 0 Å². The molecule has 0 radical (unpaired) electrons. The Morgan fingerprint density at radius 1 is 1.67 bits per heavy atom. The highest BCUT2D eigenvalue weighted by atomic mass is 79.9. The maximum Gasteiger partial charge on any atom is 0.270 e. The molecule has 0 unspecified atom stereocenters. The van der Waals surface area contributed by atoms with E-state index in [0.29, 0.717) is 12.2 Å². The molecule has 1 aromatic rings. The highest BCUT2D eigenvalue weighted by Gasteiger charge is 2.20. The Morgan fingerprint density at radius 3 is 2.67 bits per heavy atom. The van der Waals surface area contributed by atoms with Gasteiger partial charge in [-0.1, -0.05) is 0 Å². The van der Waals surface area contributed by atoms with Crippen molar-refractivity contribution in [2.45, 2.75) is 19.4 Å². The molecule has 15 heavy (non-hydrogen) atoms. The number of aromatic amines is 1. The number of carbonyl (C=O) groups excluding carboxylic acids is 1. The predicted octanol–water partition coefficient (Wildman–Crippen LogP) is 1.62. The molecule has 0 fully saturated rings. The summed E-state index contributed by atoms with van der Waals surface area (Å²) in [5, 5.41) is 9.58. The summed E-state index contributed by atoms with van der Waals surface area (Å²) in [5.74, 6) is -0.136. The molecule has 1 aromatic heterocycles. The van der Waals surface area contributed by atoms with Crippen LogP contribution in [0, 0.1) is 0 Å². The number of amides is 1. The third-order valence-electron chi connectivity index (χ3n) is 1.85. The van der Waals surface area contributed by atoms with Gasteiger partial charge in [-0.15, -0.1) is 0 Å². The minimum atomic E-state index is -0.881. The number of likely N-dealkylation sites (N-methyl/N-ethyl adjacent to an activating group) is 1. The normalized spacial score (nSPS) is 11.5. The van der Waals surface area contributed by atoms with E-state index in [1.165, 1.54) is 4.90 Å². The predicted molar refractivity (Wildman–Crippen MR) is 61.8 cm³/mol. The van der Waals surface area contributed by atoms with Gasteiger partial charge in [-0.25, -0.2) is 0 Å². The molecule has 2 N–H and O–H groups in total. The van der Waals surface area contributed by atoms with Crippen molar-refractivity contribution in [2.24, 2.45) is 0 Å². The van der Waals surface area contributed by atoms with E-state index in [9.17, 15) is 9.90 Å². The van der Waals surface area contributed by atoms with Gasteiger partial charge in [0.2, 0.25) is 0 Å². The Bertz CT molecular complexity index is 355. The number of rotatable bonds is 3. The fraction of sp³-hybridized carbons (Fsp3) is 0.500. The lowest BCUT2D eigenvalue weighted by atomic mass is 10.1. The molecule has 5 heteroatoms. The topological polar surface area (TPSA) is 56.3 Å². The first kappa shape index (κ1) is 12.3. The second-order valence-electron chi connectivity index (χ2n) is 4.21. The van der Waals surface area contributed by atoms with Gasteiger partial charge in [0.25, 0.3) is 5.91 Å². The highest BCUT2D eigenvalue weighted by Crippen LogP contribution is 2.13. The van der Waals surface area contributed by atoms with E-state index in [1.807, 2.05) is 0 Å². The maximum absolute atomic E-state index is 11.8. The van der Waals surface area contributed by atoms with Crippen molar-refractivity contribution in [3.05, 3.63) is 22.4 Å². The zero-order valence-electron chi connectivity index (χ0n) is 9.04. The van der Waals surface area contributed by atoms with Gasteiger partial charge in [-0.3, -0.25) is 4.79 Å². The number of halogens is 1. The van der Waals surface area contributed by atoms with Gasteiger partial charge in [0.15, 0.2) is 0 Å². The molecule has 1 amide bonds. The average molecular weight is 275 g/mol. The number of hydrogen-bond donors (Lipinski definition) is 2. The lowest BCUT2D eigenvalue weighted by molar-refractivity contribution is 0.0365. The van der Waals surface area contributed by atoms with Crippen LogP contribution in [0.25, 0.3) is 0 Å². The van der Waals surface area contributed by atoms with Crippen LogP contribution in [0.2, 0.25) is 0 Å². The van der Waals surface area contributed by atoms with Crippen molar-refractivity contribution < 1.29 is 9.90 Å². The first-order chi connectivity index (χ1) is 6.79. The first-order valence-corrected chi connectivity index (χ1v) is 5.41. The van der Waals surface area contributed by atoms with E-state index in [0.717, 1.165) is 4.47 Å². The minimum absolute atomic E-state index is 0.136. The number of H-pyrrole nitrogens is 1. The minimum Gasteiger partial charge on any atom is -0.389 e. The molecule has 0 aromatic carbocycles. The van der Waals surface area contributed by atoms with Crippen molar-refractivity contribution in [1.29, 1.82) is 0 Å². The summed E-state index contributed by atoms with van der Waals surface area (Å²) < 4.78 is 0.836. The number of aliphatic hydroxyl groups is 1. The highest BCUT2D eigenvalue weighted by molar-refractivity contribution is 9.10. The van der Waals surface area contributed by atoms with Gasteiger partial charge in [-0.05, 0) is 35.8 Å². The second-order valence-corrected chi connectivity index (χ2v) is 5.12. The van der Waals surface area contributed by atoms with E-state index in [-0.39, 0.29) is 5.91 Å². The fourth-order valence-electron chi connectivity index (χ4n) is 1.35. The molecule has 0 saturated heterocycles. The summed E-state index contributed by atoms with van der Waals surface area (Å²) in [7, 11) is 1.66.